The minimum Gasteiger partial charge on any atom is -0.480 e. The molecule has 0 radical (unpaired) electrons. The molecule has 14 nitrogen and oxygen atoms in total. The minimum absolute atomic E-state index is 0.128. The summed E-state index contributed by atoms with van der Waals surface area (Å²) in [6, 6.07) is 6.39. The number of unbranched alkanes of at least 4 members (excludes halogenated alkanes) is 1. The zero-order valence-electron chi connectivity index (χ0n) is 21.1. The quantitative estimate of drug-likeness (QED) is 0.103. The van der Waals surface area contributed by atoms with Crippen molar-refractivity contribution in [3.8, 4) is 0 Å². The Labute approximate surface area is 219 Å². The molecular formula is C24H34N4O10. The fraction of sp³-hybridized carbons (Fsp3) is 0.583. The van der Waals surface area contributed by atoms with Crippen molar-refractivity contribution in [3.05, 3.63) is 46.0 Å². The standard InChI is InChI=1S/C24H34N4O10/c1-16(38-28(35)36)37-24(34)25-14-6-5-10-18(21(29)27-15-7-11-20(27)23(32)33)26-19(22(30)31)13-12-17-8-3-2-4-9-17/h2-4,8-9,16,18-20,26H,5-7,10-15H2,1H3,(H,25,34)(H,30,31)(H,32,33). The van der Waals surface area contributed by atoms with Crippen LogP contribution in [0.4, 0.5) is 4.79 Å². The Kier molecular flexibility index (Phi) is 12.2. The highest BCUT2D eigenvalue weighted by molar-refractivity contribution is 5.88. The van der Waals surface area contributed by atoms with Crippen molar-refractivity contribution in [1.29, 1.82) is 0 Å². The number of aliphatic carboxylic acids is 2. The zero-order chi connectivity index (χ0) is 28.1. The highest BCUT2D eigenvalue weighted by atomic mass is 17.0. The molecule has 1 saturated heterocycles. The third-order valence-corrected chi connectivity index (χ3v) is 6.08. The van der Waals surface area contributed by atoms with Crippen LogP contribution in [-0.2, 0) is 30.4 Å². The summed E-state index contributed by atoms with van der Waals surface area (Å²) in [6.45, 7) is 1.58. The minimum atomic E-state index is -1.39. The molecule has 1 aromatic rings. The number of nitrogens with zero attached hydrogens (tertiary/aromatic N) is 2. The van der Waals surface area contributed by atoms with Gasteiger partial charge < -0.3 is 25.2 Å². The Morgan fingerprint density at radius 2 is 1.84 bits per heavy atom. The van der Waals surface area contributed by atoms with Crippen LogP contribution in [0.1, 0.15) is 51.0 Å². The molecule has 2 rings (SSSR count). The summed E-state index contributed by atoms with van der Waals surface area (Å²) in [5.74, 6) is -2.70. The summed E-state index contributed by atoms with van der Waals surface area (Å²) in [4.78, 5) is 64.2. The monoisotopic (exact) mass is 538 g/mol. The molecule has 0 saturated carbocycles. The Bertz CT molecular complexity index is 961. The average Bonchev–Trinajstić information content (AvgIpc) is 3.35. The van der Waals surface area contributed by atoms with Crippen molar-refractivity contribution < 1.29 is 44.1 Å². The largest absolute Gasteiger partial charge is 0.480 e. The first-order valence-corrected chi connectivity index (χ1v) is 12.4. The first kappa shape index (κ1) is 30.3. The van der Waals surface area contributed by atoms with Crippen LogP contribution in [0.3, 0.4) is 0 Å². The van der Waals surface area contributed by atoms with Gasteiger partial charge in [-0.1, -0.05) is 30.3 Å². The second kappa shape index (κ2) is 15.3. The maximum Gasteiger partial charge on any atom is 0.409 e. The molecule has 1 heterocycles. The molecule has 0 bridgehead atoms. The highest BCUT2D eigenvalue weighted by Gasteiger charge is 2.38. The van der Waals surface area contributed by atoms with Gasteiger partial charge in [0.1, 0.15) is 12.1 Å². The lowest BCUT2D eigenvalue weighted by Crippen LogP contribution is -2.54. The maximum absolute atomic E-state index is 13.3. The summed E-state index contributed by atoms with van der Waals surface area (Å²) in [5.41, 5.74) is 0.949. The Morgan fingerprint density at radius 1 is 1.13 bits per heavy atom. The molecule has 38 heavy (non-hydrogen) atoms. The van der Waals surface area contributed by atoms with E-state index in [1.165, 1.54) is 11.8 Å². The van der Waals surface area contributed by atoms with Crippen LogP contribution in [0.15, 0.2) is 30.3 Å². The molecule has 0 spiro atoms. The van der Waals surface area contributed by atoms with Gasteiger partial charge in [-0.15, -0.1) is 10.1 Å². The zero-order valence-corrected chi connectivity index (χ0v) is 21.1. The second-order valence-electron chi connectivity index (χ2n) is 8.89. The van der Waals surface area contributed by atoms with E-state index in [2.05, 4.69) is 20.2 Å². The van der Waals surface area contributed by atoms with Gasteiger partial charge in [0, 0.05) is 13.1 Å². The van der Waals surface area contributed by atoms with E-state index in [1.807, 2.05) is 30.3 Å². The molecule has 4 N–H and O–H groups in total. The first-order valence-electron chi connectivity index (χ1n) is 12.4. The summed E-state index contributed by atoms with van der Waals surface area (Å²) in [7, 11) is 0. The number of nitrogens with one attached hydrogen (secondary N) is 2. The molecule has 210 valence electrons. The van der Waals surface area contributed by atoms with Gasteiger partial charge in [-0.25, -0.2) is 9.59 Å². The molecule has 1 aliphatic rings. The summed E-state index contributed by atoms with van der Waals surface area (Å²) < 4.78 is 4.66. The SMILES string of the molecule is CC(OC(=O)NCCCCC(NC(CCc1ccccc1)C(=O)O)C(=O)N1CCCC1C(=O)O)O[N+](=O)[O-]. The maximum atomic E-state index is 13.3. The molecular weight excluding hydrogens is 504 g/mol. The van der Waals surface area contributed by atoms with Gasteiger partial charge in [0.15, 0.2) is 0 Å². The van der Waals surface area contributed by atoms with Crippen LogP contribution >= 0.6 is 0 Å². The fourth-order valence-corrected chi connectivity index (χ4v) is 4.24. The number of carbonyl (C=O) groups excluding carboxylic acids is 2. The van der Waals surface area contributed by atoms with Gasteiger partial charge in [0.2, 0.25) is 12.2 Å². The molecule has 14 heteroatoms. The number of carboxylic acids is 2. The van der Waals surface area contributed by atoms with E-state index < -0.39 is 53.4 Å². The molecule has 0 aliphatic carbocycles. The number of hydrogen-bond donors (Lipinski definition) is 4. The van der Waals surface area contributed by atoms with Crippen LogP contribution < -0.4 is 10.6 Å². The third-order valence-electron chi connectivity index (χ3n) is 6.08. The summed E-state index contributed by atoms with van der Waals surface area (Å²) >= 11 is 0. The number of ether oxygens (including phenoxy) is 1. The van der Waals surface area contributed by atoms with Crippen LogP contribution in [0.25, 0.3) is 0 Å². The van der Waals surface area contributed by atoms with Gasteiger partial charge in [-0.2, -0.15) is 0 Å². The molecule has 0 aromatic heterocycles. The Balaban J connectivity index is 1.97. The van der Waals surface area contributed by atoms with Crippen LogP contribution in [-0.4, -0.2) is 81.6 Å². The van der Waals surface area contributed by atoms with Gasteiger partial charge in [-0.05, 0) is 57.4 Å². The predicted octanol–water partition coefficient (Wildman–Crippen LogP) is 1.56. The van der Waals surface area contributed by atoms with Crippen molar-refractivity contribution in [1.82, 2.24) is 15.5 Å². The second-order valence-corrected chi connectivity index (χ2v) is 8.89. The molecule has 4 atom stereocenters. The normalized spacial score (nSPS) is 17.2. The third kappa shape index (κ3) is 10.2. The number of likely N-dealkylation sites (tertiary alicyclic amines) is 1. The molecule has 4 unspecified atom stereocenters. The van der Waals surface area contributed by atoms with Crippen LogP contribution in [0, 0.1) is 10.1 Å². The van der Waals surface area contributed by atoms with Crippen molar-refractivity contribution in [2.45, 2.75) is 76.3 Å². The summed E-state index contributed by atoms with van der Waals surface area (Å²) in [5, 5.41) is 33.8. The number of alkyl carbamates (subject to hydrolysis) is 1. The number of carboxylic acid groups (broad SMARTS) is 2. The number of amides is 2. The van der Waals surface area contributed by atoms with Gasteiger partial charge in [-0.3, -0.25) is 19.7 Å². The van der Waals surface area contributed by atoms with E-state index in [4.69, 9.17) is 0 Å². The first-order chi connectivity index (χ1) is 18.1. The Hall–Kier alpha value is -3.94. The van der Waals surface area contributed by atoms with E-state index in [1.54, 1.807) is 0 Å². The average molecular weight is 539 g/mol. The lowest BCUT2D eigenvalue weighted by atomic mass is 10.0. The van der Waals surface area contributed by atoms with Crippen LogP contribution in [0.2, 0.25) is 0 Å². The molecule has 1 fully saturated rings. The number of aryl methyl sites for hydroxylation is 1. The van der Waals surface area contributed by atoms with E-state index in [0.29, 0.717) is 32.1 Å². The van der Waals surface area contributed by atoms with Gasteiger partial charge in [0.25, 0.3) is 5.09 Å². The smallest absolute Gasteiger partial charge is 0.409 e. The van der Waals surface area contributed by atoms with Crippen molar-refractivity contribution in [2.75, 3.05) is 13.1 Å². The van der Waals surface area contributed by atoms with E-state index >= 15 is 0 Å². The molecule has 2 amide bonds. The van der Waals surface area contributed by atoms with E-state index in [-0.39, 0.29) is 25.9 Å². The van der Waals surface area contributed by atoms with Crippen molar-refractivity contribution in [2.24, 2.45) is 0 Å². The topological polar surface area (TPSA) is 198 Å². The fourth-order valence-electron chi connectivity index (χ4n) is 4.24. The van der Waals surface area contributed by atoms with Crippen molar-refractivity contribution >= 4 is 23.9 Å². The Morgan fingerprint density at radius 3 is 2.47 bits per heavy atom. The van der Waals surface area contributed by atoms with Crippen molar-refractivity contribution in [3.63, 3.8) is 0 Å². The van der Waals surface area contributed by atoms with Gasteiger partial charge in [0.05, 0.1) is 6.04 Å². The molecule has 1 aliphatic heterocycles. The van der Waals surface area contributed by atoms with Crippen LogP contribution in [0.5, 0.6) is 0 Å². The number of benzene rings is 1. The lowest BCUT2D eigenvalue weighted by Gasteiger charge is -2.29. The van der Waals surface area contributed by atoms with E-state index in [9.17, 15) is 39.5 Å². The highest BCUT2D eigenvalue weighted by Crippen LogP contribution is 2.20. The van der Waals surface area contributed by atoms with E-state index in [0.717, 1.165) is 5.56 Å². The predicted molar refractivity (Wildman–Crippen MR) is 131 cm³/mol. The summed E-state index contributed by atoms with van der Waals surface area (Å²) in [6.07, 6.45) is 0.234. The number of rotatable bonds is 16. The molecule has 1 aromatic carbocycles. The number of carbonyl (C=O) groups is 4. The number of hydrogen-bond acceptors (Lipinski definition) is 9. The van der Waals surface area contributed by atoms with Gasteiger partial charge >= 0.3 is 18.0 Å². The lowest BCUT2D eigenvalue weighted by molar-refractivity contribution is -0.777.